The van der Waals surface area contributed by atoms with E-state index in [4.69, 9.17) is 9.84 Å². The summed E-state index contributed by atoms with van der Waals surface area (Å²) in [5.41, 5.74) is 1.35. The fourth-order valence-corrected chi connectivity index (χ4v) is 4.99. The average molecular weight is 646 g/mol. The lowest BCUT2D eigenvalue weighted by atomic mass is 10.1. The zero-order valence-corrected chi connectivity index (χ0v) is 28.1. The molecule has 5 N–H and O–H groups in total. The van der Waals surface area contributed by atoms with Crippen LogP contribution in [0.2, 0.25) is 0 Å². The van der Waals surface area contributed by atoms with Gasteiger partial charge in [-0.3, -0.25) is 9.59 Å². The molecule has 10 heteroatoms. The van der Waals surface area contributed by atoms with E-state index in [0.717, 1.165) is 82.9 Å². The SMILES string of the molecule is C=C(CCCCCCCCCOc1ccc(C(=O)O)cc1)NCCCCCCCC(=O)NC(CCC(=O)NCCCCC)C(=O)O. The largest absolute Gasteiger partial charge is 0.494 e. The highest BCUT2D eigenvalue weighted by Crippen LogP contribution is 2.14. The van der Waals surface area contributed by atoms with E-state index in [-0.39, 0.29) is 30.2 Å². The van der Waals surface area contributed by atoms with Gasteiger partial charge >= 0.3 is 11.9 Å². The third kappa shape index (κ3) is 22.0. The molecule has 0 aliphatic rings. The van der Waals surface area contributed by atoms with Crippen molar-refractivity contribution in [3.63, 3.8) is 0 Å². The van der Waals surface area contributed by atoms with E-state index in [9.17, 15) is 24.3 Å². The number of allylic oxidation sites excluding steroid dienone is 1. The molecule has 0 heterocycles. The van der Waals surface area contributed by atoms with Gasteiger partial charge in [-0.25, -0.2) is 9.59 Å². The van der Waals surface area contributed by atoms with Crippen LogP contribution < -0.4 is 20.7 Å². The first-order chi connectivity index (χ1) is 22.2. The highest BCUT2D eigenvalue weighted by Gasteiger charge is 2.20. The smallest absolute Gasteiger partial charge is 0.335 e. The monoisotopic (exact) mass is 645 g/mol. The van der Waals surface area contributed by atoms with Crippen LogP contribution in [0.25, 0.3) is 0 Å². The van der Waals surface area contributed by atoms with Crippen molar-refractivity contribution in [2.75, 3.05) is 19.7 Å². The first kappa shape index (κ1) is 40.5. The second-order valence-electron chi connectivity index (χ2n) is 12.0. The van der Waals surface area contributed by atoms with Gasteiger partial charge in [0, 0.05) is 31.6 Å². The lowest BCUT2D eigenvalue weighted by Crippen LogP contribution is -2.41. The molecule has 0 aliphatic carbocycles. The molecule has 260 valence electrons. The number of carboxylic acid groups (broad SMARTS) is 2. The van der Waals surface area contributed by atoms with Crippen LogP contribution in [0.4, 0.5) is 0 Å². The maximum atomic E-state index is 12.2. The fourth-order valence-electron chi connectivity index (χ4n) is 4.99. The summed E-state index contributed by atoms with van der Waals surface area (Å²) in [5, 5.41) is 27.1. The lowest BCUT2D eigenvalue weighted by molar-refractivity contribution is -0.142. The molecule has 10 nitrogen and oxygen atoms in total. The van der Waals surface area contributed by atoms with Gasteiger partial charge in [0.05, 0.1) is 12.2 Å². The second kappa shape index (κ2) is 26.6. The number of hydrogen-bond acceptors (Lipinski definition) is 6. The summed E-state index contributed by atoms with van der Waals surface area (Å²) in [6, 6.07) is 5.47. The molecule has 0 aromatic heterocycles. The molecule has 1 atom stereocenters. The number of carbonyl (C=O) groups is 4. The van der Waals surface area contributed by atoms with Crippen LogP contribution in [-0.2, 0) is 14.4 Å². The Bertz CT molecular complexity index is 1010. The van der Waals surface area contributed by atoms with Crippen molar-refractivity contribution >= 4 is 23.8 Å². The van der Waals surface area contributed by atoms with Crippen molar-refractivity contribution in [1.82, 2.24) is 16.0 Å². The first-order valence-corrected chi connectivity index (χ1v) is 17.4. The Morgan fingerprint density at radius 2 is 1.26 bits per heavy atom. The molecule has 0 bridgehead atoms. The Morgan fingerprint density at radius 1 is 0.696 bits per heavy atom. The maximum absolute atomic E-state index is 12.2. The first-order valence-electron chi connectivity index (χ1n) is 17.4. The Kier molecular flexibility index (Phi) is 23.4. The summed E-state index contributed by atoms with van der Waals surface area (Å²) in [5.74, 6) is -1.79. The summed E-state index contributed by atoms with van der Waals surface area (Å²) in [6.45, 7) is 8.37. The topological polar surface area (TPSA) is 154 Å². The van der Waals surface area contributed by atoms with Crippen LogP contribution >= 0.6 is 0 Å². The van der Waals surface area contributed by atoms with Gasteiger partial charge in [-0.15, -0.1) is 0 Å². The van der Waals surface area contributed by atoms with Crippen molar-refractivity contribution in [3.8, 4) is 5.75 Å². The molecule has 0 fully saturated rings. The van der Waals surface area contributed by atoms with Gasteiger partial charge in [0.1, 0.15) is 11.8 Å². The van der Waals surface area contributed by atoms with E-state index < -0.39 is 18.0 Å². The molecule has 1 aromatic carbocycles. The number of benzene rings is 1. The molecule has 2 amide bonds. The van der Waals surface area contributed by atoms with E-state index >= 15 is 0 Å². The number of aliphatic carboxylic acids is 1. The van der Waals surface area contributed by atoms with Gasteiger partial charge in [-0.1, -0.05) is 77.7 Å². The molecule has 0 saturated carbocycles. The second-order valence-corrected chi connectivity index (χ2v) is 12.0. The number of carboxylic acids is 2. The fraction of sp³-hybridized carbons (Fsp3) is 0.667. The van der Waals surface area contributed by atoms with Gasteiger partial charge in [0.25, 0.3) is 0 Å². The third-order valence-corrected chi connectivity index (χ3v) is 7.84. The van der Waals surface area contributed by atoms with Crippen LogP contribution in [0.3, 0.4) is 0 Å². The number of unbranched alkanes of at least 4 members (excludes halogenated alkanes) is 12. The van der Waals surface area contributed by atoms with E-state index in [1.807, 2.05) is 0 Å². The average Bonchev–Trinajstić information content (AvgIpc) is 3.03. The molecular weight excluding hydrogens is 586 g/mol. The Labute approximate surface area is 276 Å². The summed E-state index contributed by atoms with van der Waals surface area (Å²) < 4.78 is 5.68. The van der Waals surface area contributed by atoms with Crippen molar-refractivity contribution in [3.05, 3.63) is 42.1 Å². The van der Waals surface area contributed by atoms with Gasteiger partial charge in [0.15, 0.2) is 0 Å². The zero-order valence-electron chi connectivity index (χ0n) is 28.1. The third-order valence-electron chi connectivity index (χ3n) is 7.84. The Hall–Kier alpha value is -3.56. The van der Waals surface area contributed by atoms with E-state index in [1.165, 1.54) is 25.7 Å². The van der Waals surface area contributed by atoms with Gasteiger partial charge in [-0.2, -0.15) is 0 Å². The number of carbonyl (C=O) groups excluding carboxylic acids is 2. The van der Waals surface area contributed by atoms with Gasteiger partial charge < -0.3 is 30.9 Å². The Morgan fingerprint density at radius 3 is 1.89 bits per heavy atom. The van der Waals surface area contributed by atoms with Crippen molar-refractivity contribution in [1.29, 1.82) is 0 Å². The lowest BCUT2D eigenvalue weighted by Gasteiger charge is -2.14. The number of aromatic carboxylic acids is 1. The van der Waals surface area contributed by atoms with E-state index in [1.54, 1.807) is 24.3 Å². The maximum Gasteiger partial charge on any atom is 0.335 e. The zero-order chi connectivity index (χ0) is 33.8. The molecular formula is C36H59N3O7. The minimum Gasteiger partial charge on any atom is -0.494 e. The number of rotatable bonds is 30. The summed E-state index contributed by atoms with van der Waals surface area (Å²) in [4.78, 5) is 46.5. The molecule has 0 saturated heterocycles. The number of amides is 2. The number of hydrogen-bond donors (Lipinski definition) is 5. The van der Waals surface area contributed by atoms with Crippen LogP contribution in [-0.4, -0.2) is 59.7 Å². The van der Waals surface area contributed by atoms with E-state index in [2.05, 4.69) is 29.5 Å². The molecule has 0 aliphatic heterocycles. The highest BCUT2D eigenvalue weighted by molar-refractivity contribution is 5.87. The van der Waals surface area contributed by atoms with E-state index in [0.29, 0.717) is 31.7 Å². The number of nitrogens with one attached hydrogen (secondary N) is 3. The molecule has 46 heavy (non-hydrogen) atoms. The predicted octanol–water partition coefficient (Wildman–Crippen LogP) is 6.98. The van der Waals surface area contributed by atoms with Crippen LogP contribution in [0, 0.1) is 0 Å². The summed E-state index contributed by atoms with van der Waals surface area (Å²) >= 11 is 0. The normalized spacial score (nSPS) is 11.4. The standard InChI is InChI=1S/C36H59N3O7/c1-3-4-15-27-38-33(40)25-24-32(36(44)45)39-34(41)19-14-10-8-11-16-26-37-29(2)18-13-9-6-5-7-12-17-28-46-31-22-20-30(21-23-31)35(42)43/h20-23,32,37H,2-19,24-28H2,1H3,(H,38,40)(H,39,41)(H,42,43)(H,44,45). The molecule has 1 unspecified atom stereocenters. The molecule has 0 spiro atoms. The number of ether oxygens (including phenoxy) is 1. The van der Waals surface area contributed by atoms with Crippen LogP contribution in [0.15, 0.2) is 36.5 Å². The quantitative estimate of drug-likeness (QED) is 0.0561. The van der Waals surface area contributed by atoms with Gasteiger partial charge in [-0.05, 0) is 69.2 Å². The minimum absolute atomic E-state index is 0.0829. The summed E-state index contributed by atoms with van der Waals surface area (Å²) in [7, 11) is 0. The van der Waals surface area contributed by atoms with Crippen LogP contribution in [0.5, 0.6) is 5.75 Å². The van der Waals surface area contributed by atoms with Crippen LogP contribution in [0.1, 0.15) is 139 Å². The van der Waals surface area contributed by atoms with Crippen molar-refractivity contribution < 1.29 is 34.1 Å². The van der Waals surface area contributed by atoms with Gasteiger partial charge in [0.2, 0.25) is 11.8 Å². The summed E-state index contributed by atoms with van der Waals surface area (Å²) in [6.07, 6.45) is 17.3. The molecule has 1 aromatic rings. The molecule has 1 rings (SSSR count). The van der Waals surface area contributed by atoms with Crippen molar-refractivity contribution in [2.45, 2.75) is 135 Å². The highest BCUT2D eigenvalue weighted by atomic mass is 16.5. The minimum atomic E-state index is -1.11. The van der Waals surface area contributed by atoms with Crippen molar-refractivity contribution in [2.24, 2.45) is 0 Å². The Balaban J connectivity index is 1.93. The molecule has 0 radical (unpaired) electrons. The predicted molar refractivity (Wildman–Crippen MR) is 182 cm³/mol.